The van der Waals surface area contributed by atoms with Crippen molar-refractivity contribution in [2.24, 2.45) is 0 Å². The number of aliphatic hydroxyl groups is 1. The van der Waals surface area contributed by atoms with Crippen LogP contribution in [0.3, 0.4) is 0 Å². The fourth-order valence-electron chi connectivity index (χ4n) is 2.34. The van der Waals surface area contributed by atoms with Crippen molar-refractivity contribution in [2.75, 3.05) is 12.4 Å². The minimum absolute atomic E-state index is 0.241. The molecule has 3 aromatic rings. The van der Waals surface area contributed by atoms with E-state index in [2.05, 4.69) is 29.3 Å². The highest BCUT2D eigenvalue weighted by molar-refractivity contribution is 7.99. The maximum Gasteiger partial charge on any atom is 0.195 e. The lowest BCUT2D eigenvalue weighted by atomic mass is 10.2. The van der Waals surface area contributed by atoms with Crippen molar-refractivity contribution in [2.45, 2.75) is 31.7 Å². The highest BCUT2D eigenvalue weighted by Gasteiger charge is 2.14. The maximum atomic E-state index is 10.1. The number of aliphatic hydroxyl groups excluding tert-OH is 1. The van der Waals surface area contributed by atoms with Gasteiger partial charge >= 0.3 is 0 Å². The highest BCUT2D eigenvalue weighted by atomic mass is 32.2. The van der Waals surface area contributed by atoms with Crippen LogP contribution in [0.4, 0.5) is 0 Å². The van der Waals surface area contributed by atoms with Crippen molar-refractivity contribution >= 4 is 11.8 Å². The molecule has 0 fully saturated rings. The van der Waals surface area contributed by atoms with E-state index in [4.69, 9.17) is 9.15 Å². The Bertz CT molecular complexity index is 785. The lowest BCUT2D eigenvalue weighted by Crippen LogP contribution is -2.18. The van der Waals surface area contributed by atoms with Crippen LogP contribution in [0.5, 0.6) is 0 Å². The molecule has 0 amide bonds. The van der Waals surface area contributed by atoms with Gasteiger partial charge in [0.15, 0.2) is 5.16 Å². The molecule has 2 aromatic heterocycles. The van der Waals surface area contributed by atoms with Crippen LogP contribution in [-0.4, -0.2) is 38.3 Å². The average molecular weight is 359 g/mol. The predicted molar refractivity (Wildman–Crippen MR) is 95.9 cm³/mol. The van der Waals surface area contributed by atoms with Crippen LogP contribution in [0.1, 0.15) is 17.1 Å². The van der Waals surface area contributed by atoms with Crippen LogP contribution in [0, 0.1) is 13.8 Å². The van der Waals surface area contributed by atoms with E-state index >= 15 is 0 Å². The highest BCUT2D eigenvalue weighted by Crippen LogP contribution is 2.22. The Balaban J connectivity index is 1.55. The minimum atomic E-state index is -0.594. The molecule has 0 saturated carbocycles. The van der Waals surface area contributed by atoms with Gasteiger partial charge in [-0.15, -0.1) is 10.2 Å². The van der Waals surface area contributed by atoms with Crippen molar-refractivity contribution in [1.82, 2.24) is 14.8 Å². The van der Waals surface area contributed by atoms with Crippen molar-refractivity contribution in [3.8, 4) is 5.69 Å². The molecule has 1 N–H and O–H groups in total. The maximum absolute atomic E-state index is 10.1. The molecular weight excluding hydrogens is 338 g/mol. The summed E-state index contributed by atoms with van der Waals surface area (Å²) < 4.78 is 12.6. The first-order valence-electron chi connectivity index (χ1n) is 8.03. The molecule has 6 nitrogen and oxygen atoms in total. The van der Waals surface area contributed by atoms with Crippen LogP contribution in [-0.2, 0) is 11.3 Å². The molecule has 3 rings (SSSR count). The summed E-state index contributed by atoms with van der Waals surface area (Å²) in [6.45, 7) is 4.57. The number of thioether (sulfide) groups is 1. The van der Waals surface area contributed by atoms with Gasteiger partial charge in [-0.2, -0.15) is 0 Å². The number of hydrogen-bond donors (Lipinski definition) is 1. The molecule has 132 valence electrons. The first kappa shape index (κ1) is 17.7. The summed E-state index contributed by atoms with van der Waals surface area (Å²) in [5, 5.41) is 19.2. The summed E-state index contributed by atoms with van der Waals surface area (Å²) in [7, 11) is 0. The Hall–Kier alpha value is -2.09. The smallest absolute Gasteiger partial charge is 0.195 e. The zero-order chi connectivity index (χ0) is 17.6. The van der Waals surface area contributed by atoms with Crippen LogP contribution >= 0.6 is 11.8 Å². The Morgan fingerprint density at radius 3 is 2.72 bits per heavy atom. The summed E-state index contributed by atoms with van der Waals surface area (Å²) in [6, 6.07) is 11.8. The third-order valence-electron chi connectivity index (χ3n) is 3.63. The molecule has 2 heterocycles. The van der Waals surface area contributed by atoms with Gasteiger partial charge in [0.25, 0.3) is 0 Å². The van der Waals surface area contributed by atoms with E-state index in [-0.39, 0.29) is 6.61 Å². The Morgan fingerprint density at radius 1 is 1.20 bits per heavy atom. The molecule has 1 aromatic carbocycles. The number of ether oxygens (including phenoxy) is 1. The van der Waals surface area contributed by atoms with E-state index in [0.717, 1.165) is 22.4 Å². The predicted octanol–water partition coefficient (Wildman–Crippen LogP) is 3.15. The van der Waals surface area contributed by atoms with Gasteiger partial charge in [0.05, 0.1) is 19.0 Å². The lowest BCUT2D eigenvalue weighted by molar-refractivity contribution is 0.0328. The molecule has 0 spiro atoms. The largest absolute Gasteiger partial charge is 0.467 e. The van der Waals surface area contributed by atoms with Crippen LogP contribution in [0.15, 0.2) is 52.2 Å². The molecular formula is C18H21N3O3S. The van der Waals surface area contributed by atoms with Crippen molar-refractivity contribution in [3.05, 3.63) is 59.8 Å². The second kappa shape index (κ2) is 8.33. The minimum Gasteiger partial charge on any atom is -0.467 e. The van der Waals surface area contributed by atoms with Gasteiger partial charge in [0, 0.05) is 11.4 Å². The fourth-order valence-corrected chi connectivity index (χ4v) is 3.24. The van der Waals surface area contributed by atoms with E-state index in [1.807, 2.05) is 35.8 Å². The van der Waals surface area contributed by atoms with E-state index < -0.39 is 6.10 Å². The number of aromatic nitrogens is 3. The van der Waals surface area contributed by atoms with Crippen molar-refractivity contribution < 1.29 is 14.3 Å². The number of benzene rings is 1. The molecule has 0 saturated heterocycles. The molecule has 0 radical (unpaired) electrons. The lowest BCUT2D eigenvalue weighted by Gasteiger charge is -2.12. The van der Waals surface area contributed by atoms with Gasteiger partial charge < -0.3 is 14.3 Å². The van der Waals surface area contributed by atoms with Gasteiger partial charge in [-0.3, -0.25) is 4.57 Å². The number of rotatable bonds is 8. The Morgan fingerprint density at radius 2 is 2.00 bits per heavy atom. The number of hydrogen-bond acceptors (Lipinski definition) is 6. The molecule has 1 atom stereocenters. The van der Waals surface area contributed by atoms with E-state index in [1.54, 1.807) is 6.26 Å². The molecule has 7 heteroatoms. The fraction of sp³-hybridized carbons (Fsp3) is 0.333. The number of aryl methyl sites for hydroxylation is 2. The summed E-state index contributed by atoms with van der Waals surface area (Å²) in [6.07, 6.45) is 1.01. The van der Waals surface area contributed by atoms with Gasteiger partial charge in [0.2, 0.25) is 0 Å². The van der Waals surface area contributed by atoms with Crippen molar-refractivity contribution in [3.63, 3.8) is 0 Å². The first-order chi connectivity index (χ1) is 12.1. The monoisotopic (exact) mass is 359 g/mol. The van der Waals surface area contributed by atoms with E-state index in [1.165, 1.54) is 17.3 Å². The van der Waals surface area contributed by atoms with E-state index in [0.29, 0.717) is 12.4 Å². The number of nitrogens with zero attached hydrogens (tertiary/aromatic N) is 3. The summed E-state index contributed by atoms with van der Waals surface area (Å²) in [5.41, 5.74) is 2.21. The van der Waals surface area contributed by atoms with Crippen LogP contribution < -0.4 is 0 Å². The standard InChI is InChI=1S/C18H21N3O3S/c1-13-5-7-15(8-6-13)21-14(2)19-20-18(21)25-12-16(22)10-23-11-17-4-3-9-24-17/h3-9,16,22H,10-12H2,1-2H3/t16-/m1/s1. The Kier molecular flexibility index (Phi) is 5.91. The molecule has 0 aliphatic heterocycles. The summed E-state index contributed by atoms with van der Waals surface area (Å²) in [5.74, 6) is 2.03. The second-order valence-electron chi connectivity index (χ2n) is 5.76. The third kappa shape index (κ3) is 4.72. The van der Waals surface area contributed by atoms with Gasteiger partial charge in [-0.05, 0) is 38.1 Å². The normalized spacial score (nSPS) is 12.4. The second-order valence-corrected chi connectivity index (χ2v) is 6.75. The molecule has 25 heavy (non-hydrogen) atoms. The van der Waals surface area contributed by atoms with Gasteiger partial charge in [-0.1, -0.05) is 29.5 Å². The summed E-state index contributed by atoms with van der Waals surface area (Å²) in [4.78, 5) is 0. The molecule has 0 bridgehead atoms. The van der Waals surface area contributed by atoms with Crippen LogP contribution in [0.2, 0.25) is 0 Å². The van der Waals surface area contributed by atoms with Gasteiger partial charge in [-0.25, -0.2) is 0 Å². The third-order valence-corrected chi connectivity index (χ3v) is 4.70. The Labute approximate surface area is 150 Å². The van der Waals surface area contributed by atoms with Gasteiger partial charge in [0.1, 0.15) is 18.2 Å². The number of furan rings is 1. The molecule has 0 aliphatic carbocycles. The quantitative estimate of drug-likeness (QED) is 0.623. The van der Waals surface area contributed by atoms with Crippen molar-refractivity contribution in [1.29, 1.82) is 0 Å². The zero-order valence-electron chi connectivity index (χ0n) is 14.3. The molecule has 0 unspecified atom stereocenters. The SMILES string of the molecule is Cc1ccc(-n2c(C)nnc2SC[C@H](O)COCc2ccco2)cc1. The zero-order valence-corrected chi connectivity index (χ0v) is 15.1. The topological polar surface area (TPSA) is 73.3 Å². The van der Waals surface area contributed by atoms with E-state index in [9.17, 15) is 5.11 Å². The summed E-state index contributed by atoms with van der Waals surface area (Å²) >= 11 is 1.46. The average Bonchev–Trinajstić information content (AvgIpc) is 3.24. The first-order valence-corrected chi connectivity index (χ1v) is 9.02. The van der Waals surface area contributed by atoms with Crippen LogP contribution in [0.25, 0.3) is 5.69 Å². The molecule has 0 aliphatic rings.